The van der Waals surface area contributed by atoms with Gasteiger partial charge in [0.1, 0.15) is 5.15 Å². The normalized spacial score (nSPS) is 15.8. The van der Waals surface area contributed by atoms with E-state index in [0.717, 1.165) is 27.6 Å². The van der Waals surface area contributed by atoms with E-state index in [1.165, 1.54) is 0 Å². The first-order valence-electron chi connectivity index (χ1n) is 9.45. The smallest absolute Gasteiger partial charge is 0.258 e. The summed E-state index contributed by atoms with van der Waals surface area (Å²) in [6.45, 7) is 0. The van der Waals surface area contributed by atoms with E-state index in [9.17, 15) is 4.79 Å². The third kappa shape index (κ3) is 3.36. The molecule has 0 aliphatic carbocycles. The molecule has 0 fully saturated rings. The van der Waals surface area contributed by atoms with Gasteiger partial charge in [-0.2, -0.15) is 5.10 Å². The van der Waals surface area contributed by atoms with Crippen molar-refractivity contribution in [1.82, 2.24) is 15.4 Å². The molecule has 1 atom stereocenters. The fourth-order valence-corrected chi connectivity index (χ4v) is 4.06. The number of aromatic nitrogens is 2. The van der Waals surface area contributed by atoms with E-state index in [2.05, 4.69) is 20.5 Å². The molecular formula is C23H16Cl2N4O. The molecule has 7 heteroatoms. The standard InChI is InChI=1S/C23H16Cl2N4O/c24-15-8-5-13(6-9-15)21-16-3-1-2-4-17(16)27-23(30)22(21)19-11-18(28-29-19)14-7-10-20(25)26-12-14/h1-10,12,18,28H,11H2,(H,27,30). The van der Waals surface area contributed by atoms with Gasteiger partial charge in [-0.3, -0.25) is 4.79 Å². The predicted molar refractivity (Wildman–Crippen MR) is 121 cm³/mol. The first-order chi connectivity index (χ1) is 14.6. The SMILES string of the molecule is O=c1[nH]c2ccccc2c(-c2ccc(Cl)cc2)c1C1=NNC(c2ccc(Cl)nc2)C1. The van der Waals surface area contributed by atoms with Gasteiger partial charge in [-0.15, -0.1) is 0 Å². The van der Waals surface area contributed by atoms with Gasteiger partial charge in [0.25, 0.3) is 5.56 Å². The van der Waals surface area contributed by atoms with Crippen LogP contribution in [0.15, 0.2) is 76.8 Å². The molecule has 5 rings (SSSR count). The zero-order valence-corrected chi connectivity index (χ0v) is 17.2. The Morgan fingerprint density at radius 1 is 0.933 bits per heavy atom. The van der Waals surface area contributed by atoms with Crippen molar-refractivity contribution in [1.29, 1.82) is 0 Å². The third-order valence-electron chi connectivity index (χ3n) is 5.25. The average Bonchev–Trinajstić information content (AvgIpc) is 3.23. The first kappa shape index (κ1) is 18.9. The van der Waals surface area contributed by atoms with E-state index in [1.807, 2.05) is 54.6 Å². The Morgan fingerprint density at radius 3 is 2.50 bits per heavy atom. The van der Waals surface area contributed by atoms with Crippen LogP contribution in [0.2, 0.25) is 10.2 Å². The Bertz CT molecular complexity index is 1330. The zero-order chi connectivity index (χ0) is 20.7. The summed E-state index contributed by atoms with van der Waals surface area (Å²) in [4.78, 5) is 20.3. The molecule has 30 heavy (non-hydrogen) atoms. The Morgan fingerprint density at radius 2 is 1.73 bits per heavy atom. The zero-order valence-electron chi connectivity index (χ0n) is 15.7. The number of pyridine rings is 2. The van der Waals surface area contributed by atoms with Gasteiger partial charge in [0.15, 0.2) is 0 Å². The van der Waals surface area contributed by atoms with Crippen LogP contribution in [0, 0.1) is 0 Å². The Kier molecular flexibility index (Phi) is 4.77. The lowest BCUT2D eigenvalue weighted by Gasteiger charge is -2.13. The monoisotopic (exact) mass is 434 g/mol. The molecule has 3 heterocycles. The maximum Gasteiger partial charge on any atom is 0.258 e. The molecule has 4 aromatic rings. The molecule has 0 saturated heterocycles. The van der Waals surface area contributed by atoms with Crippen molar-refractivity contribution in [3.8, 4) is 11.1 Å². The minimum atomic E-state index is -0.172. The summed E-state index contributed by atoms with van der Waals surface area (Å²) in [5, 5.41) is 6.55. The number of hydrogen-bond donors (Lipinski definition) is 2. The first-order valence-corrected chi connectivity index (χ1v) is 10.2. The highest BCUT2D eigenvalue weighted by molar-refractivity contribution is 6.30. The molecule has 0 radical (unpaired) electrons. The minimum absolute atomic E-state index is 0.0753. The van der Waals surface area contributed by atoms with E-state index in [4.69, 9.17) is 23.2 Å². The van der Waals surface area contributed by atoms with Gasteiger partial charge in [-0.1, -0.05) is 59.6 Å². The second-order valence-electron chi connectivity index (χ2n) is 7.12. The molecule has 1 aliphatic rings. The molecule has 1 aliphatic heterocycles. The highest BCUT2D eigenvalue weighted by Gasteiger charge is 2.27. The number of H-pyrrole nitrogens is 1. The van der Waals surface area contributed by atoms with Crippen molar-refractivity contribution in [2.75, 3.05) is 0 Å². The van der Waals surface area contributed by atoms with Crippen LogP contribution < -0.4 is 11.0 Å². The van der Waals surface area contributed by atoms with Gasteiger partial charge in [0, 0.05) is 34.1 Å². The maximum absolute atomic E-state index is 13.1. The summed E-state index contributed by atoms with van der Waals surface area (Å²) in [6, 6.07) is 18.9. The second-order valence-corrected chi connectivity index (χ2v) is 7.94. The molecule has 2 aromatic carbocycles. The number of nitrogens with zero attached hydrogens (tertiary/aromatic N) is 2. The summed E-state index contributed by atoms with van der Waals surface area (Å²) in [5.74, 6) is 0. The molecule has 0 saturated carbocycles. The quantitative estimate of drug-likeness (QED) is 0.427. The maximum atomic E-state index is 13.1. The summed E-state index contributed by atoms with van der Waals surface area (Å²) in [5.41, 5.74) is 7.73. The van der Waals surface area contributed by atoms with E-state index in [0.29, 0.717) is 27.9 Å². The Balaban J connectivity index is 1.65. The van der Waals surface area contributed by atoms with Gasteiger partial charge >= 0.3 is 0 Å². The molecular weight excluding hydrogens is 419 g/mol. The van der Waals surface area contributed by atoms with Crippen molar-refractivity contribution in [2.24, 2.45) is 5.10 Å². The van der Waals surface area contributed by atoms with Gasteiger partial charge in [-0.25, -0.2) is 4.98 Å². The van der Waals surface area contributed by atoms with Crippen molar-refractivity contribution in [2.45, 2.75) is 12.5 Å². The molecule has 5 nitrogen and oxygen atoms in total. The predicted octanol–water partition coefficient (Wildman–Crippen LogP) is 5.34. The van der Waals surface area contributed by atoms with Crippen LogP contribution in [0.25, 0.3) is 22.0 Å². The number of benzene rings is 2. The molecule has 1 unspecified atom stereocenters. The Labute approximate surface area is 182 Å². The highest BCUT2D eigenvalue weighted by Crippen LogP contribution is 2.33. The lowest BCUT2D eigenvalue weighted by molar-refractivity contribution is 0.618. The van der Waals surface area contributed by atoms with Crippen LogP contribution in [-0.2, 0) is 0 Å². The van der Waals surface area contributed by atoms with E-state index in [-0.39, 0.29) is 11.6 Å². The van der Waals surface area contributed by atoms with Gasteiger partial charge < -0.3 is 10.4 Å². The van der Waals surface area contributed by atoms with Crippen LogP contribution in [0.5, 0.6) is 0 Å². The van der Waals surface area contributed by atoms with Crippen LogP contribution >= 0.6 is 23.2 Å². The number of hydrogen-bond acceptors (Lipinski definition) is 4. The van der Waals surface area contributed by atoms with Gasteiger partial charge in [0.05, 0.1) is 17.3 Å². The molecule has 148 valence electrons. The largest absolute Gasteiger partial charge is 0.321 e. The minimum Gasteiger partial charge on any atom is -0.321 e. The van der Waals surface area contributed by atoms with Crippen LogP contribution in [0.3, 0.4) is 0 Å². The van der Waals surface area contributed by atoms with Gasteiger partial charge in [0.2, 0.25) is 0 Å². The second kappa shape index (κ2) is 7.59. The third-order valence-corrected chi connectivity index (χ3v) is 5.72. The summed E-state index contributed by atoms with van der Waals surface area (Å²) in [7, 11) is 0. The lowest BCUT2D eigenvalue weighted by atomic mass is 9.91. The topological polar surface area (TPSA) is 70.1 Å². The number of nitrogens with one attached hydrogen (secondary N) is 2. The fourth-order valence-electron chi connectivity index (χ4n) is 3.82. The number of hydrazone groups is 1. The molecule has 0 spiro atoms. The number of halogens is 2. The molecule has 0 amide bonds. The Hall–Kier alpha value is -3.15. The summed E-state index contributed by atoms with van der Waals surface area (Å²) >= 11 is 12.0. The van der Waals surface area contributed by atoms with Crippen molar-refractivity contribution < 1.29 is 0 Å². The summed E-state index contributed by atoms with van der Waals surface area (Å²) in [6.07, 6.45) is 2.29. The lowest BCUT2D eigenvalue weighted by Crippen LogP contribution is -2.20. The van der Waals surface area contributed by atoms with Crippen molar-refractivity contribution >= 4 is 39.8 Å². The van der Waals surface area contributed by atoms with Crippen LogP contribution in [-0.4, -0.2) is 15.7 Å². The number of aromatic amines is 1. The molecule has 2 N–H and O–H groups in total. The van der Waals surface area contributed by atoms with Gasteiger partial charge in [-0.05, 0) is 35.4 Å². The number of rotatable bonds is 3. The highest BCUT2D eigenvalue weighted by atomic mass is 35.5. The van der Waals surface area contributed by atoms with Crippen LogP contribution in [0.4, 0.5) is 0 Å². The van der Waals surface area contributed by atoms with Crippen molar-refractivity contribution in [3.05, 3.63) is 98.5 Å². The van der Waals surface area contributed by atoms with Crippen molar-refractivity contribution in [3.63, 3.8) is 0 Å². The average molecular weight is 435 g/mol. The molecule has 0 bridgehead atoms. The van der Waals surface area contributed by atoms with E-state index >= 15 is 0 Å². The van der Waals surface area contributed by atoms with E-state index < -0.39 is 0 Å². The fraction of sp³-hybridized carbons (Fsp3) is 0.0870. The number of fused-ring (bicyclic) bond motifs is 1. The van der Waals surface area contributed by atoms with E-state index in [1.54, 1.807) is 12.3 Å². The summed E-state index contributed by atoms with van der Waals surface area (Å²) < 4.78 is 0. The number of para-hydroxylation sites is 1. The van der Waals surface area contributed by atoms with Crippen LogP contribution in [0.1, 0.15) is 23.6 Å². The molecule has 2 aromatic heterocycles.